The fourth-order valence-corrected chi connectivity index (χ4v) is 3.34. The Bertz CT molecular complexity index is 1040. The molecule has 0 bridgehead atoms. The Morgan fingerprint density at radius 2 is 1.85 bits per heavy atom. The van der Waals surface area contributed by atoms with Gasteiger partial charge in [0.05, 0.1) is 19.0 Å². The predicted octanol–water partition coefficient (Wildman–Crippen LogP) is 4.27. The number of methoxy groups -OCH3 is 1. The molecule has 5 heteroatoms. The molecule has 0 spiro atoms. The molecule has 1 N–H and O–H groups in total. The van der Waals surface area contributed by atoms with E-state index >= 15 is 0 Å². The van der Waals surface area contributed by atoms with Crippen molar-refractivity contribution in [3.05, 3.63) is 78.2 Å². The van der Waals surface area contributed by atoms with E-state index in [-0.39, 0.29) is 0 Å². The van der Waals surface area contributed by atoms with Crippen molar-refractivity contribution >= 4 is 10.8 Å². The second kappa shape index (κ2) is 7.60. The Hall–Kier alpha value is -3.18. The number of rotatable bonds is 6. The van der Waals surface area contributed by atoms with Gasteiger partial charge in [-0.1, -0.05) is 24.3 Å². The number of hydrogen-bond donors (Lipinski definition) is 1. The highest BCUT2D eigenvalue weighted by atomic mass is 16.5. The van der Waals surface area contributed by atoms with Crippen LogP contribution in [-0.4, -0.2) is 34.2 Å². The van der Waals surface area contributed by atoms with Crippen LogP contribution in [0.25, 0.3) is 22.0 Å². The molecule has 136 valence electrons. The first kappa shape index (κ1) is 17.2. The molecular weight excluding hydrogens is 336 g/mol. The lowest BCUT2D eigenvalue weighted by Gasteiger charge is -2.16. The van der Waals surface area contributed by atoms with Crippen molar-refractivity contribution < 1.29 is 4.74 Å². The number of H-pyrrole nitrogens is 1. The summed E-state index contributed by atoms with van der Waals surface area (Å²) < 4.78 is 5.31. The third-order valence-corrected chi connectivity index (χ3v) is 4.67. The first-order chi connectivity index (χ1) is 13.2. The SMILES string of the molecule is COc1ccc2cc(-c3[nH]ncc3CN(C)Cc3cccnc3)ccc2c1. The number of aromatic amines is 1. The topological polar surface area (TPSA) is 54.0 Å². The van der Waals surface area contributed by atoms with Crippen LogP contribution in [0.15, 0.2) is 67.1 Å². The molecule has 0 unspecified atom stereocenters. The predicted molar refractivity (Wildman–Crippen MR) is 107 cm³/mol. The van der Waals surface area contributed by atoms with Crippen LogP contribution in [0.2, 0.25) is 0 Å². The first-order valence-electron chi connectivity index (χ1n) is 8.91. The average molecular weight is 358 g/mol. The summed E-state index contributed by atoms with van der Waals surface area (Å²) in [4.78, 5) is 6.45. The molecule has 0 aliphatic carbocycles. The zero-order valence-corrected chi connectivity index (χ0v) is 15.5. The standard InChI is InChI=1S/C22H22N4O/c1-26(14-16-4-3-9-23-12-16)15-20-13-24-25-22(20)19-6-5-18-11-21(27-2)8-7-17(18)10-19/h3-13H,14-15H2,1-2H3,(H,24,25). The molecule has 2 aromatic heterocycles. The van der Waals surface area contributed by atoms with E-state index in [0.29, 0.717) is 0 Å². The number of nitrogens with zero attached hydrogens (tertiary/aromatic N) is 3. The van der Waals surface area contributed by atoms with Gasteiger partial charge in [0.2, 0.25) is 0 Å². The monoisotopic (exact) mass is 358 g/mol. The molecular formula is C22H22N4O. The van der Waals surface area contributed by atoms with E-state index in [1.807, 2.05) is 24.5 Å². The zero-order chi connectivity index (χ0) is 18.6. The van der Waals surface area contributed by atoms with Crippen LogP contribution in [-0.2, 0) is 13.1 Å². The van der Waals surface area contributed by atoms with E-state index in [9.17, 15) is 0 Å². The van der Waals surface area contributed by atoms with Crippen LogP contribution in [0.5, 0.6) is 5.75 Å². The quantitative estimate of drug-likeness (QED) is 0.559. The van der Waals surface area contributed by atoms with Crippen LogP contribution < -0.4 is 4.74 Å². The number of pyridine rings is 1. The molecule has 0 fully saturated rings. The summed E-state index contributed by atoms with van der Waals surface area (Å²) in [7, 11) is 3.80. The molecule has 2 heterocycles. The minimum atomic E-state index is 0.807. The Labute approximate surface area is 158 Å². The first-order valence-corrected chi connectivity index (χ1v) is 8.91. The third kappa shape index (κ3) is 3.83. The molecule has 4 rings (SSSR count). The van der Waals surface area contributed by atoms with Crippen molar-refractivity contribution in [2.75, 3.05) is 14.2 Å². The average Bonchev–Trinajstić information content (AvgIpc) is 3.15. The smallest absolute Gasteiger partial charge is 0.119 e. The molecule has 27 heavy (non-hydrogen) atoms. The summed E-state index contributed by atoms with van der Waals surface area (Å²) in [6.45, 7) is 1.65. The summed E-state index contributed by atoms with van der Waals surface area (Å²) in [6, 6.07) is 16.6. The number of ether oxygens (including phenoxy) is 1. The number of fused-ring (bicyclic) bond motifs is 1. The van der Waals surface area contributed by atoms with Crippen LogP contribution in [0.1, 0.15) is 11.1 Å². The van der Waals surface area contributed by atoms with Gasteiger partial charge < -0.3 is 4.74 Å². The van der Waals surface area contributed by atoms with Crippen molar-refractivity contribution in [3.8, 4) is 17.0 Å². The fraction of sp³-hybridized carbons (Fsp3) is 0.182. The summed E-state index contributed by atoms with van der Waals surface area (Å²) in [5, 5.41) is 9.79. The second-order valence-electron chi connectivity index (χ2n) is 6.73. The minimum absolute atomic E-state index is 0.807. The molecule has 0 radical (unpaired) electrons. The normalized spacial score (nSPS) is 11.2. The number of hydrogen-bond acceptors (Lipinski definition) is 4. The Balaban J connectivity index is 1.57. The molecule has 0 saturated carbocycles. The van der Waals surface area contributed by atoms with Crippen molar-refractivity contribution in [3.63, 3.8) is 0 Å². The van der Waals surface area contributed by atoms with Crippen molar-refractivity contribution in [1.82, 2.24) is 20.1 Å². The van der Waals surface area contributed by atoms with Gasteiger partial charge in [-0.05, 0) is 47.6 Å². The molecule has 2 aromatic carbocycles. The third-order valence-electron chi connectivity index (χ3n) is 4.67. The van der Waals surface area contributed by atoms with Crippen molar-refractivity contribution in [2.45, 2.75) is 13.1 Å². The summed E-state index contributed by atoms with van der Waals surface area (Å²) in [5.74, 6) is 0.870. The number of nitrogens with one attached hydrogen (secondary N) is 1. The molecule has 0 saturated heterocycles. The fourth-order valence-electron chi connectivity index (χ4n) is 3.34. The molecule has 0 atom stereocenters. The molecule has 0 amide bonds. The van der Waals surface area contributed by atoms with Gasteiger partial charge in [0.1, 0.15) is 5.75 Å². The molecule has 5 nitrogen and oxygen atoms in total. The van der Waals surface area contributed by atoms with Crippen LogP contribution >= 0.6 is 0 Å². The van der Waals surface area contributed by atoms with Gasteiger partial charge in [0, 0.05) is 36.6 Å². The Morgan fingerprint density at radius 3 is 2.67 bits per heavy atom. The second-order valence-corrected chi connectivity index (χ2v) is 6.73. The summed E-state index contributed by atoms with van der Waals surface area (Å²) >= 11 is 0. The zero-order valence-electron chi connectivity index (χ0n) is 15.5. The maximum Gasteiger partial charge on any atom is 0.119 e. The van der Waals surface area contributed by atoms with E-state index < -0.39 is 0 Å². The summed E-state index contributed by atoms with van der Waals surface area (Å²) in [6.07, 6.45) is 5.62. The van der Waals surface area contributed by atoms with Gasteiger partial charge in [-0.2, -0.15) is 5.10 Å². The largest absolute Gasteiger partial charge is 0.497 e. The Kier molecular flexibility index (Phi) is 4.85. The highest BCUT2D eigenvalue weighted by Crippen LogP contribution is 2.28. The van der Waals surface area contributed by atoms with E-state index in [4.69, 9.17) is 4.74 Å². The van der Waals surface area contributed by atoms with E-state index in [1.54, 1.807) is 13.3 Å². The highest BCUT2D eigenvalue weighted by molar-refractivity contribution is 5.88. The van der Waals surface area contributed by atoms with E-state index in [1.165, 1.54) is 16.5 Å². The van der Waals surface area contributed by atoms with Gasteiger partial charge in [0.15, 0.2) is 0 Å². The van der Waals surface area contributed by atoms with Crippen molar-refractivity contribution in [2.24, 2.45) is 0 Å². The van der Waals surface area contributed by atoms with Crippen LogP contribution in [0.3, 0.4) is 0 Å². The lowest BCUT2D eigenvalue weighted by molar-refractivity contribution is 0.319. The molecule has 4 aromatic rings. The van der Waals surface area contributed by atoms with Crippen LogP contribution in [0, 0.1) is 0 Å². The maximum atomic E-state index is 5.31. The lowest BCUT2D eigenvalue weighted by Crippen LogP contribution is -2.17. The van der Waals surface area contributed by atoms with Gasteiger partial charge in [-0.15, -0.1) is 0 Å². The minimum Gasteiger partial charge on any atom is -0.497 e. The highest BCUT2D eigenvalue weighted by Gasteiger charge is 2.11. The number of aromatic nitrogens is 3. The molecule has 0 aliphatic heterocycles. The van der Waals surface area contributed by atoms with Gasteiger partial charge >= 0.3 is 0 Å². The maximum absolute atomic E-state index is 5.31. The van der Waals surface area contributed by atoms with E-state index in [0.717, 1.165) is 35.5 Å². The van der Waals surface area contributed by atoms with Gasteiger partial charge in [0.25, 0.3) is 0 Å². The van der Waals surface area contributed by atoms with E-state index in [2.05, 4.69) is 63.5 Å². The van der Waals surface area contributed by atoms with Crippen molar-refractivity contribution in [1.29, 1.82) is 0 Å². The van der Waals surface area contributed by atoms with Crippen LogP contribution in [0.4, 0.5) is 0 Å². The lowest BCUT2D eigenvalue weighted by atomic mass is 10.0. The molecule has 0 aliphatic rings. The Morgan fingerprint density at radius 1 is 1.00 bits per heavy atom. The van der Waals surface area contributed by atoms with Gasteiger partial charge in [-0.25, -0.2) is 0 Å². The number of benzene rings is 2. The van der Waals surface area contributed by atoms with Gasteiger partial charge in [-0.3, -0.25) is 15.0 Å². The summed E-state index contributed by atoms with van der Waals surface area (Å²) in [5.41, 5.74) is 4.57.